The van der Waals surface area contributed by atoms with Gasteiger partial charge in [-0.05, 0) is 75.8 Å². The average molecular weight is 584 g/mol. The van der Waals surface area contributed by atoms with E-state index in [2.05, 4.69) is 50.6 Å². The van der Waals surface area contributed by atoms with Crippen molar-refractivity contribution >= 4 is 34.3 Å². The number of nitrogens with two attached hydrogens (primary N) is 1. The van der Waals surface area contributed by atoms with Gasteiger partial charge in [0.25, 0.3) is 0 Å². The van der Waals surface area contributed by atoms with E-state index >= 15 is 0 Å². The minimum Gasteiger partial charge on any atom is -0.495 e. The van der Waals surface area contributed by atoms with Crippen molar-refractivity contribution in [2.45, 2.75) is 57.7 Å². The summed E-state index contributed by atoms with van der Waals surface area (Å²) >= 11 is 0. The first-order valence-corrected chi connectivity index (χ1v) is 14.9. The molecular weight excluding hydrogens is 542 g/mol. The van der Waals surface area contributed by atoms with Crippen molar-refractivity contribution in [2.75, 3.05) is 38.3 Å². The third-order valence-corrected chi connectivity index (χ3v) is 8.51. The second-order valence-corrected chi connectivity index (χ2v) is 12.9. The number of anilines is 3. The van der Waals surface area contributed by atoms with Crippen molar-refractivity contribution in [1.82, 2.24) is 24.8 Å². The zero-order valence-electron chi connectivity index (χ0n) is 25.6. The zero-order valence-corrected chi connectivity index (χ0v) is 25.6. The van der Waals surface area contributed by atoms with E-state index in [4.69, 9.17) is 20.2 Å². The van der Waals surface area contributed by atoms with Gasteiger partial charge < -0.3 is 35.3 Å². The van der Waals surface area contributed by atoms with Crippen LogP contribution in [0, 0.1) is 5.92 Å². The fourth-order valence-electron chi connectivity index (χ4n) is 6.15. The van der Waals surface area contributed by atoms with Crippen LogP contribution in [-0.2, 0) is 16.8 Å². The molecule has 3 saturated carbocycles. The number of hydrogen-bond donors (Lipinski definition) is 3. The molecule has 10 nitrogen and oxygen atoms in total. The number of likely N-dealkylation sites (N-methyl/N-ethyl adjacent to an activating group) is 1. The number of nitrogen functional groups attached to an aromatic ring is 1. The van der Waals surface area contributed by atoms with Crippen LogP contribution in [0.1, 0.15) is 45.6 Å². The van der Waals surface area contributed by atoms with Crippen LogP contribution in [0.4, 0.5) is 22.1 Å². The number of hydrogen-bond acceptors (Lipinski definition) is 8. The van der Waals surface area contributed by atoms with E-state index in [1.54, 1.807) is 25.3 Å². The number of para-hydroxylation sites is 1. The van der Waals surface area contributed by atoms with Crippen molar-refractivity contribution < 1.29 is 14.3 Å². The largest absolute Gasteiger partial charge is 0.495 e. The second-order valence-electron chi connectivity index (χ2n) is 12.9. The maximum absolute atomic E-state index is 12.2. The number of carbonyl (C=O) groups is 1. The summed E-state index contributed by atoms with van der Waals surface area (Å²) in [6.07, 6.45) is 7.53. The first-order valence-electron chi connectivity index (χ1n) is 14.9. The molecule has 0 unspecified atom stereocenters. The van der Waals surface area contributed by atoms with Gasteiger partial charge in [0.15, 0.2) is 0 Å². The fraction of sp³-hybridized carbons (Fsp3) is 0.424. The van der Waals surface area contributed by atoms with Crippen LogP contribution in [-0.4, -0.2) is 58.4 Å². The molecule has 3 aliphatic carbocycles. The maximum Gasteiger partial charge on any atom is 0.410 e. The highest BCUT2D eigenvalue weighted by atomic mass is 16.6. The second kappa shape index (κ2) is 11.1. The number of nitrogens with zero attached hydrogens (tertiary/aromatic N) is 4. The lowest BCUT2D eigenvalue weighted by Gasteiger charge is -2.62. The van der Waals surface area contributed by atoms with Crippen LogP contribution >= 0.6 is 0 Å². The smallest absolute Gasteiger partial charge is 0.410 e. The summed E-state index contributed by atoms with van der Waals surface area (Å²) < 4.78 is 13.6. The number of ether oxygens (including phenoxy) is 2. The number of methoxy groups -OCH3 is 1. The molecule has 1 amide bonds. The number of amides is 1. The molecule has 3 aliphatic rings. The van der Waals surface area contributed by atoms with Crippen LogP contribution in [0.15, 0.2) is 54.9 Å². The number of fused-ring (bicyclic) bond motifs is 1. The Morgan fingerprint density at radius 2 is 1.95 bits per heavy atom. The molecule has 0 saturated heterocycles. The molecule has 4 N–H and O–H groups in total. The van der Waals surface area contributed by atoms with Crippen LogP contribution < -0.4 is 21.1 Å². The molecule has 43 heavy (non-hydrogen) atoms. The van der Waals surface area contributed by atoms with Crippen LogP contribution in [0.5, 0.6) is 5.75 Å². The maximum atomic E-state index is 12.2. The lowest BCUT2D eigenvalue weighted by molar-refractivity contribution is -0.0854. The molecule has 0 radical (unpaired) electrons. The molecule has 2 bridgehead atoms. The van der Waals surface area contributed by atoms with Crippen LogP contribution in [0.2, 0.25) is 0 Å². The Morgan fingerprint density at radius 1 is 1.19 bits per heavy atom. The highest BCUT2D eigenvalue weighted by Crippen LogP contribution is 2.63. The molecule has 7 rings (SSSR count). The molecule has 2 aromatic heterocycles. The third kappa shape index (κ3) is 5.71. The number of benzene rings is 2. The SMILES string of the molecule is COc1cc(CNCCN(C)C(=O)OC(C)(C)C)c(N)cc1Nc1nccc(-c2cn(C34CC(C3)C4)c3ccccc23)n1. The Balaban J connectivity index is 1.15. The minimum absolute atomic E-state index is 0.284. The van der Waals surface area contributed by atoms with E-state index in [-0.39, 0.29) is 11.6 Å². The van der Waals surface area contributed by atoms with Crippen molar-refractivity contribution in [3.8, 4) is 17.0 Å². The monoisotopic (exact) mass is 583 g/mol. The first-order chi connectivity index (χ1) is 20.5. The highest BCUT2D eigenvalue weighted by molar-refractivity contribution is 5.95. The Morgan fingerprint density at radius 3 is 2.65 bits per heavy atom. The molecule has 226 valence electrons. The molecular formula is C33H41N7O3. The van der Waals surface area contributed by atoms with Gasteiger partial charge in [-0.1, -0.05) is 18.2 Å². The summed E-state index contributed by atoms with van der Waals surface area (Å²) in [7, 11) is 3.35. The fourth-order valence-corrected chi connectivity index (χ4v) is 6.15. The Bertz CT molecular complexity index is 1640. The van der Waals surface area contributed by atoms with Gasteiger partial charge in [0.1, 0.15) is 11.4 Å². The quantitative estimate of drug-likeness (QED) is 0.156. The Kier molecular flexibility index (Phi) is 7.41. The van der Waals surface area contributed by atoms with E-state index in [0.717, 1.165) is 22.7 Å². The van der Waals surface area contributed by atoms with Gasteiger partial charge in [0.05, 0.1) is 18.5 Å². The molecule has 4 aromatic rings. The first kappa shape index (κ1) is 28.8. The topological polar surface area (TPSA) is 120 Å². The van der Waals surface area contributed by atoms with Crippen molar-refractivity contribution in [3.05, 3.63) is 60.4 Å². The van der Waals surface area contributed by atoms with Crippen molar-refractivity contribution in [1.29, 1.82) is 0 Å². The van der Waals surface area contributed by atoms with Gasteiger partial charge in [0, 0.05) is 66.8 Å². The summed E-state index contributed by atoms with van der Waals surface area (Å²) in [4.78, 5) is 23.1. The Labute approximate surface area is 252 Å². The van der Waals surface area contributed by atoms with E-state index in [9.17, 15) is 4.79 Å². The van der Waals surface area contributed by atoms with E-state index in [1.807, 2.05) is 39.0 Å². The number of rotatable bonds is 10. The van der Waals surface area contributed by atoms with Gasteiger partial charge in [0.2, 0.25) is 5.95 Å². The van der Waals surface area contributed by atoms with Gasteiger partial charge in [-0.2, -0.15) is 0 Å². The summed E-state index contributed by atoms with van der Waals surface area (Å²) in [6.45, 7) is 7.15. The van der Waals surface area contributed by atoms with Gasteiger partial charge >= 0.3 is 6.09 Å². The molecule has 2 aromatic carbocycles. The standard InChI is InChI=1S/C33H41N7O3/c1-32(2,3)43-31(41)39(4)13-12-35-19-22-14-29(42-5)27(15-25(22)34)38-30-36-11-10-26(37-30)24-20-40(33-16-21(17-33)18-33)28-9-7-6-8-23(24)28/h6-11,14-15,20-21,35H,12-13,16-19,34H2,1-5H3,(H,36,37,38). The van der Waals surface area contributed by atoms with E-state index < -0.39 is 5.60 Å². The lowest BCUT2D eigenvalue weighted by Crippen LogP contribution is -2.58. The average Bonchev–Trinajstić information content (AvgIpc) is 3.29. The lowest BCUT2D eigenvalue weighted by atomic mass is 9.49. The zero-order chi connectivity index (χ0) is 30.4. The summed E-state index contributed by atoms with van der Waals surface area (Å²) in [6, 6.07) is 14.3. The molecule has 0 atom stereocenters. The predicted octanol–water partition coefficient (Wildman–Crippen LogP) is 5.90. The normalized spacial score (nSPS) is 19.0. The van der Waals surface area contributed by atoms with E-state index in [1.165, 1.54) is 30.2 Å². The molecule has 0 spiro atoms. The summed E-state index contributed by atoms with van der Waals surface area (Å²) in [5.74, 6) is 2.00. The molecule has 3 fully saturated rings. The van der Waals surface area contributed by atoms with Gasteiger partial charge in [-0.25, -0.2) is 14.8 Å². The van der Waals surface area contributed by atoms with Gasteiger partial charge in [-0.15, -0.1) is 0 Å². The van der Waals surface area contributed by atoms with Crippen molar-refractivity contribution in [3.63, 3.8) is 0 Å². The van der Waals surface area contributed by atoms with Crippen LogP contribution in [0.3, 0.4) is 0 Å². The van der Waals surface area contributed by atoms with Gasteiger partial charge in [-0.3, -0.25) is 0 Å². The number of aromatic nitrogens is 3. The Hall–Kier alpha value is -4.31. The minimum atomic E-state index is -0.526. The third-order valence-electron chi connectivity index (χ3n) is 8.51. The summed E-state index contributed by atoms with van der Waals surface area (Å²) in [5, 5.41) is 7.86. The van der Waals surface area contributed by atoms with Crippen LogP contribution in [0.25, 0.3) is 22.2 Å². The van der Waals surface area contributed by atoms with Crippen molar-refractivity contribution in [2.24, 2.45) is 5.92 Å². The van der Waals surface area contributed by atoms with E-state index in [0.29, 0.717) is 42.7 Å². The number of carbonyl (C=O) groups excluding carboxylic acids is 1. The molecule has 10 heteroatoms. The highest BCUT2D eigenvalue weighted by Gasteiger charge is 2.58. The number of nitrogens with one attached hydrogen (secondary N) is 2. The summed E-state index contributed by atoms with van der Waals surface area (Å²) in [5.41, 5.74) is 11.6. The predicted molar refractivity (Wildman–Crippen MR) is 170 cm³/mol. The molecule has 0 aliphatic heterocycles. The molecule has 2 heterocycles.